The van der Waals surface area contributed by atoms with Crippen molar-refractivity contribution in [3.63, 3.8) is 0 Å². The first kappa shape index (κ1) is 12.0. The highest BCUT2D eigenvalue weighted by molar-refractivity contribution is 6.17. The number of aryl methyl sites for hydroxylation is 3. The van der Waals surface area contributed by atoms with Crippen LogP contribution in [0.3, 0.4) is 0 Å². The fraction of sp³-hybridized carbons (Fsp3) is 0.417. The average molecular weight is 251 g/mol. The van der Waals surface area contributed by atoms with Gasteiger partial charge in [-0.25, -0.2) is 0 Å². The number of alkyl halides is 1. The molecule has 2 rings (SSSR count). The Balaban J connectivity index is 1.85. The van der Waals surface area contributed by atoms with Crippen LogP contribution in [0.5, 0.6) is 0 Å². The van der Waals surface area contributed by atoms with E-state index in [1.54, 1.807) is 0 Å². The number of rotatable bonds is 6. The van der Waals surface area contributed by atoms with E-state index in [0.717, 1.165) is 37.2 Å². The Morgan fingerprint density at radius 3 is 2.88 bits per heavy atom. The van der Waals surface area contributed by atoms with Crippen molar-refractivity contribution in [1.29, 1.82) is 0 Å². The van der Waals surface area contributed by atoms with Gasteiger partial charge in [0.15, 0.2) is 0 Å². The molecule has 5 heteroatoms. The lowest BCUT2D eigenvalue weighted by atomic mass is 10.2. The second-order valence-electron chi connectivity index (χ2n) is 3.84. The number of hydrogen-bond acceptors (Lipinski definition) is 3. The molecular weight excluding hydrogens is 236 g/mol. The Labute approximate surface area is 106 Å². The maximum absolute atomic E-state index is 5.64. The van der Waals surface area contributed by atoms with Gasteiger partial charge in [0, 0.05) is 36.9 Å². The third-order valence-corrected chi connectivity index (χ3v) is 2.74. The van der Waals surface area contributed by atoms with Crippen molar-refractivity contribution in [3.05, 3.63) is 42.0 Å². The van der Waals surface area contributed by atoms with Gasteiger partial charge in [0.2, 0.25) is 0 Å². The Morgan fingerprint density at radius 1 is 1.18 bits per heavy atom. The summed E-state index contributed by atoms with van der Waals surface area (Å²) < 4.78 is 1.86. The summed E-state index contributed by atoms with van der Waals surface area (Å²) in [5.74, 6) is 0.667. The summed E-state index contributed by atoms with van der Waals surface area (Å²) in [5.41, 5.74) is 2.08. The van der Waals surface area contributed by atoms with Crippen LogP contribution in [0.2, 0.25) is 0 Å². The van der Waals surface area contributed by atoms with Crippen LogP contribution in [0, 0.1) is 0 Å². The van der Waals surface area contributed by atoms with Crippen molar-refractivity contribution >= 4 is 11.6 Å². The standard InChI is InChI=1S/C12H15ClN4/c13-7-3-5-12-10-17(16-15-12)9-6-11-4-1-2-8-14-11/h1-2,4,8,10H,3,5-7,9H2. The highest BCUT2D eigenvalue weighted by atomic mass is 35.5. The smallest absolute Gasteiger partial charge is 0.0827 e. The van der Waals surface area contributed by atoms with Crippen LogP contribution in [-0.2, 0) is 19.4 Å². The van der Waals surface area contributed by atoms with E-state index in [4.69, 9.17) is 11.6 Å². The molecule has 17 heavy (non-hydrogen) atoms. The van der Waals surface area contributed by atoms with Crippen molar-refractivity contribution in [2.24, 2.45) is 0 Å². The lowest BCUT2D eigenvalue weighted by molar-refractivity contribution is 0.584. The van der Waals surface area contributed by atoms with Crippen molar-refractivity contribution < 1.29 is 0 Å². The molecule has 0 aromatic carbocycles. The van der Waals surface area contributed by atoms with Crippen LogP contribution in [0.25, 0.3) is 0 Å². The summed E-state index contributed by atoms with van der Waals surface area (Å²) in [4.78, 5) is 4.27. The molecule has 2 aromatic heterocycles. The number of nitrogens with zero attached hydrogens (tertiary/aromatic N) is 4. The van der Waals surface area contributed by atoms with Crippen molar-refractivity contribution in [1.82, 2.24) is 20.0 Å². The fourth-order valence-corrected chi connectivity index (χ4v) is 1.72. The van der Waals surface area contributed by atoms with Gasteiger partial charge in [-0.1, -0.05) is 11.3 Å². The van der Waals surface area contributed by atoms with Gasteiger partial charge in [0.05, 0.1) is 5.69 Å². The largest absolute Gasteiger partial charge is 0.261 e. The Morgan fingerprint density at radius 2 is 2.12 bits per heavy atom. The maximum Gasteiger partial charge on any atom is 0.0827 e. The van der Waals surface area contributed by atoms with E-state index in [1.165, 1.54) is 0 Å². The lowest BCUT2D eigenvalue weighted by Crippen LogP contribution is -2.03. The first-order chi connectivity index (χ1) is 8.38. The summed E-state index contributed by atoms with van der Waals surface area (Å²) >= 11 is 5.64. The van der Waals surface area contributed by atoms with Gasteiger partial charge in [-0.05, 0) is 25.0 Å². The summed E-state index contributed by atoms with van der Waals surface area (Å²) in [6.07, 6.45) is 6.50. The lowest BCUT2D eigenvalue weighted by Gasteiger charge is -1.99. The number of halogens is 1. The Hall–Kier alpha value is -1.42. The molecule has 0 saturated carbocycles. The van der Waals surface area contributed by atoms with Gasteiger partial charge in [0.25, 0.3) is 0 Å². The summed E-state index contributed by atoms with van der Waals surface area (Å²) in [5, 5.41) is 8.18. The van der Waals surface area contributed by atoms with Crippen LogP contribution in [-0.4, -0.2) is 25.9 Å². The van der Waals surface area contributed by atoms with Gasteiger partial charge < -0.3 is 0 Å². The van der Waals surface area contributed by atoms with Crippen LogP contribution >= 0.6 is 11.6 Å². The molecule has 0 radical (unpaired) electrons. The zero-order chi connectivity index (χ0) is 11.9. The van der Waals surface area contributed by atoms with Crippen molar-refractivity contribution in [2.75, 3.05) is 5.88 Å². The molecule has 2 aromatic rings. The minimum Gasteiger partial charge on any atom is -0.261 e. The highest BCUT2D eigenvalue weighted by Gasteiger charge is 2.01. The topological polar surface area (TPSA) is 43.6 Å². The number of aromatic nitrogens is 4. The molecule has 0 atom stereocenters. The average Bonchev–Trinajstić information content (AvgIpc) is 2.83. The van der Waals surface area contributed by atoms with E-state index in [0.29, 0.717) is 5.88 Å². The summed E-state index contributed by atoms with van der Waals surface area (Å²) in [6.45, 7) is 0.810. The molecule has 0 N–H and O–H groups in total. The first-order valence-electron chi connectivity index (χ1n) is 5.73. The Bertz CT molecular complexity index is 441. The van der Waals surface area contributed by atoms with E-state index in [-0.39, 0.29) is 0 Å². The molecule has 0 aliphatic rings. The third-order valence-electron chi connectivity index (χ3n) is 2.48. The second-order valence-corrected chi connectivity index (χ2v) is 4.21. The molecule has 0 spiro atoms. The minimum absolute atomic E-state index is 0.667. The van der Waals surface area contributed by atoms with Gasteiger partial charge >= 0.3 is 0 Å². The molecule has 0 aliphatic heterocycles. The van der Waals surface area contributed by atoms with Gasteiger partial charge in [0.1, 0.15) is 0 Å². The SMILES string of the molecule is ClCCCc1cn(CCc2ccccn2)nn1. The van der Waals surface area contributed by atoms with E-state index in [1.807, 2.05) is 35.3 Å². The summed E-state index contributed by atoms with van der Waals surface area (Å²) in [6, 6.07) is 5.93. The number of hydrogen-bond donors (Lipinski definition) is 0. The predicted molar refractivity (Wildman–Crippen MR) is 67.0 cm³/mol. The van der Waals surface area contributed by atoms with Crippen LogP contribution < -0.4 is 0 Å². The molecule has 0 fully saturated rings. The first-order valence-corrected chi connectivity index (χ1v) is 6.27. The van der Waals surface area contributed by atoms with Crippen molar-refractivity contribution in [3.8, 4) is 0 Å². The van der Waals surface area contributed by atoms with E-state index >= 15 is 0 Å². The normalized spacial score (nSPS) is 10.6. The maximum atomic E-state index is 5.64. The Kier molecular flexibility index (Phi) is 4.50. The molecule has 4 nitrogen and oxygen atoms in total. The quantitative estimate of drug-likeness (QED) is 0.738. The van der Waals surface area contributed by atoms with E-state index in [2.05, 4.69) is 15.3 Å². The van der Waals surface area contributed by atoms with E-state index in [9.17, 15) is 0 Å². The van der Waals surface area contributed by atoms with Crippen LogP contribution in [0.4, 0.5) is 0 Å². The second kappa shape index (κ2) is 6.35. The van der Waals surface area contributed by atoms with Gasteiger partial charge in [-0.3, -0.25) is 9.67 Å². The molecule has 0 amide bonds. The molecule has 90 valence electrons. The van der Waals surface area contributed by atoms with Crippen LogP contribution in [0.15, 0.2) is 30.6 Å². The molecule has 0 bridgehead atoms. The number of pyridine rings is 1. The fourth-order valence-electron chi connectivity index (χ4n) is 1.59. The molecule has 2 heterocycles. The monoisotopic (exact) mass is 250 g/mol. The summed E-state index contributed by atoms with van der Waals surface area (Å²) in [7, 11) is 0. The molecule has 0 saturated heterocycles. The molecular formula is C12H15ClN4. The molecule has 0 unspecified atom stereocenters. The molecule has 0 aliphatic carbocycles. The van der Waals surface area contributed by atoms with Crippen LogP contribution in [0.1, 0.15) is 17.8 Å². The van der Waals surface area contributed by atoms with E-state index < -0.39 is 0 Å². The van der Waals surface area contributed by atoms with Gasteiger partial charge in [-0.2, -0.15) is 0 Å². The zero-order valence-electron chi connectivity index (χ0n) is 9.59. The third kappa shape index (κ3) is 3.82. The van der Waals surface area contributed by atoms with Crippen molar-refractivity contribution in [2.45, 2.75) is 25.8 Å². The highest BCUT2D eigenvalue weighted by Crippen LogP contribution is 2.01. The van der Waals surface area contributed by atoms with Gasteiger partial charge in [-0.15, -0.1) is 16.7 Å². The zero-order valence-corrected chi connectivity index (χ0v) is 10.3. The predicted octanol–water partition coefficient (Wildman–Crippen LogP) is 2.09. The minimum atomic E-state index is 0.667.